The summed E-state index contributed by atoms with van der Waals surface area (Å²) >= 11 is 0. The summed E-state index contributed by atoms with van der Waals surface area (Å²) < 4.78 is 0. The van der Waals surface area contributed by atoms with Gasteiger partial charge in [0.1, 0.15) is 0 Å². The summed E-state index contributed by atoms with van der Waals surface area (Å²) in [5, 5.41) is 1.06. The van der Waals surface area contributed by atoms with Crippen LogP contribution in [0.5, 0.6) is 0 Å². The zero-order chi connectivity index (χ0) is 34.9. The van der Waals surface area contributed by atoms with E-state index in [0.29, 0.717) is 0 Å². The van der Waals surface area contributed by atoms with Gasteiger partial charge in [-0.1, -0.05) is 177 Å². The van der Waals surface area contributed by atoms with Gasteiger partial charge in [0.15, 0.2) is 5.82 Å². The Morgan fingerprint density at radius 2 is 1.23 bits per heavy atom. The second-order valence-corrected chi connectivity index (χ2v) is 14.8. The van der Waals surface area contributed by atoms with Crippen molar-refractivity contribution < 1.29 is 0 Å². The molecule has 3 aliphatic carbocycles. The minimum Gasteiger partial charge on any atom is -0.228 e. The van der Waals surface area contributed by atoms with E-state index in [1.165, 1.54) is 55.7 Å². The van der Waals surface area contributed by atoms with Gasteiger partial charge in [-0.25, -0.2) is 9.97 Å². The van der Waals surface area contributed by atoms with E-state index in [-0.39, 0.29) is 5.41 Å². The van der Waals surface area contributed by atoms with Gasteiger partial charge in [-0.2, -0.15) is 0 Å². The molecule has 3 aliphatic rings. The Labute approximate surface area is 305 Å². The Hall–Kier alpha value is -6.12. The van der Waals surface area contributed by atoms with Gasteiger partial charge in [-0.3, -0.25) is 0 Å². The topological polar surface area (TPSA) is 25.8 Å². The summed E-state index contributed by atoms with van der Waals surface area (Å²) in [5.74, 6) is 0.743. The fourth-order valence-electron chi connectivity index (χ4n) is 9.44. The van der Waals surface area contributed by atoms with Gasteiger partial charge in [-0.15, -0.1) is 0 Å². The lowest BCUT2D eigenvalue weighted by molar-refractivity contribution is 0.666. The molecule has 7 aromatic rings. The molecule has 0 radical (unpaired) electrons. The number of rotatable bonds is 4. The van der Waals surface area contributed by atoms with Crippen LogP contribution in [0.3, 0.4) is 0 Å². The SMILES string of the molecule is CC1(C)C2=C(c3cc(-c4nc(-c5ccccc5)c5ccccc5n4)ccc31)c1ccccc1C(C1=CC=CCC1)(c1ccccc1)c1ccccc12. The van der Waals surface area contributed by atoms with Gasteiger partial charge in [-0.05, 0) is 75.1 Å². The summed E-state index contributed by atoms with van der Waals surface area (Å²) in [6.45, 7) is 4.82. The van der Waals surface area contributed by atoms with Crippen LogP contribution in [0.1, 0.15) is 65.6 Å². The lowest BCUT2D eigenvalue weighted by Gasteiger charge is -2.41. The zero-order valence-electron chi connectivity index (χ0n) is 29.5. The van der Waals surface area contributed by atoms with Crippen LogP contribution in [-0.4, -0.2) is 9.97 Å². The molecule has 0 bridgehead atoms. The number of benzene rings is 6. The third-order valence-corrected chi connectivity index (χ3v) is 11.6. The molecule has 0 N–H and O–H groups in total. The molecule has 1 heterocycles. The molecule has 0 saturated carbocycles. The molecule has 6 aromatic carbocycles. The minimum atomic E-state index is -0.455. The van der Waals surface area contributed by atoms with Gasteiger partial charge in [0.25, 0.3) is 0 Å². The molecule has 0 amide bonds. The van der Waals surface area contributed by atoms with Gasteiger partial charge in [0, 0.05) is 21.9 Å². The number of hydrogen-bond donors (Lipinski definition) is 0. The summed E-state index contributed by atoms with van der Waals surface area (Å²) in [6, 6.07) is 55.4. The first-order valence-electron chi connectivity index (χ1n) is 18.4. The van der Waals surface area contributed by atoms with E-state index in [9.17, 15) is 0 Å². The molecule has 0 fully saturated rings. The van der Waals surface area contributed by atoms with Crippen molar-refractivity contribution in [3.63, 3.8) is 0 Å². The summed E-state index contributed by atoms with van der Waals surface area (Å²) in [4.78, 5) is 10.5. The quantitative estimate of drug-likeness (QED) is 0.187. The van der Waals surface area contributed by atoms with Crippen molar-refractivity contribution in [2.24, 2.45) is 0 Å². The van der Waals surface area contributed by atoms with E-state index < -0.39 is 5.41 Å². The highest BCUT2D eigenvalue weighted by molar-refractivity contribution is 6.10. The maximum absolute atomic E-state index is 5.29. The number of hydrogen-bond acceptors (Lipinski definition) is 2. The molecule has 10 rings (SSSR count). The maximum Gasteiger partial charge on any atom is 0.160 e. The Kier molecular flexibility index (Phi) is 6.91. The van der Waals surface area contributed by atoms with Gasteiger partial charge in [0.05, 0.1) is 16.6 Å². The van der Waals surface area contributed by atoms with Crippen molar-refractivity contribution in [3.05, 3.63) is 214 Å². The van der Waals surface area contributed by atoms with Crippen molar-refractivity contribution in [2.45, 2.75) is 37.5 Å². The van der Waals surface area contributed by atoms with Crippen molar-refractivity contribution in [1.29, 1.82) is 0 Å². The fraction of sp³-hybridized carbons (Fsp3) is 0.120. The van der Waals surface area contributed by atoms with Crippen LogP contribution in [0, 0.1) is 0 Å². The van der Waals surface area contributed by atoms with Crippen LogP contribution in [0.4, 0.5) is 0 Å². The predicted octanol–water partition coefficient (Wildman–Crippen LogP) is 12.1. The molecular weight excluding hydrogens is 629 g/mol. The smallest absolute Gasteiger partial charge is 0.160 e. The van der Waals surface area contributed by atoms with E-state index >= 15 is 0 Å². The number of fused-ring (bicyclic) bond motifs is 7. The summed E-state index contributed by atoms with van der Waals surface area (Å²) in [6.07, 6.45) is 8.99. The Balaban J connectivity index is 1.27. The van der Waals surface area contributed by atoms with Crippen molar-refractivity contribution in [3.8, 4) is 22.6 Å². The maximum atomic E-state index is 5.29. The normalized spacial score (nSPS) is 18.2. The van der Waals surface area contributed by atoms with E-state index in [1.807, 2.05) is 0 Å². The number of para-hydroxylation sites is 1. The van der Waals surface area contributed by atoms with Gasteiger partial charge < -0.3 is 0 Å². The molecule has 2 nitrogen and oxygen atoms in total. The van der Waals surface area contributed by atoms with Crippen LogP contribution >= 0.6 is 0 Å². The third kappa shape index (κ3) is 4.37. The number of nitrogens with zero attached hydrogens (tertiary/aromatic N) is 2. The number of aromatic nitrogens is 2. The lowest BCUT2D eigenvalue weighted by Crippen LogP contribution is -2.34. The molecule has 248 valence electrons. The molecular formula is C50H38N2. The molecule has 52 heavy (non-hydrogen) atoms. The number of allylic oxidation sites excluding steroid dienone is 5. The highest BCUT2D eigenvalue weighted by atomic mass is 14.9. The van der Waals surface area contributed by atoms with Crippen LogP contribution in [0.25, 0.3) is 44.7 Å². The fourth-order valence-corrected chi connectivity index (χ4v) is 9.44. The minimum absolute atomic E-state index is 0.251. The van der Waals surface area contributed by atoms with Crippen LogP contribution < -0.4 is 0 Å². The van der Waals surface area contributed by atoms with E-state index in [4.69, 9.17) is 9.97 Å². The zero-order valence-corrected chi connectivity index (χ0v) is 29.5. The molecule has 1 atom stereocenters. The lowest BCUT2D eigenvalue weighted by atomic mass is 9.61. The molecule has 2 heteroatoms. The monoisotopic (exact) mass is 666 g/mol. The first-order valence-corrected chi connectivity index (χ1v) is 18.4. The van der Waals surface area contributed by atoms with E-state index in [0.717, 1.165) is 46.4 Å². The second-order valence-electron chi connectivity index (χ2n) is 14.8. The van der Waals surface area contributed by atoms with Crippen molar-refractivity contribution >= 4 is 22.0 Å². The Bertz CT molecular complexity index is 2640. The van der Waals surface area contributed by atoms with E-state index in [1.54, 1.807) is 0 Å². The highest BCUT2D eigenvalue weighted by Gasteiger charge is 2.49. The first kappa shape index (κ1) is 30.7. The van der Waals surface area contributed by atoms with Gasteiger partial charge >= 0.3 is 0 Å². The summed E-state index contributed by atoms with van der Waals surface area (Å²) in [5.41, 5.74) is 16.7. The predicted molar refractivity (Wildman–Crippen MR) is 215 cm³/mol. The molecule has 0 saturated heterocycles. The summed E-state index contributed by atoms with van der Waals surface area (Å²) in [7, 11) is 0. The standard InChI is InChI=1S/C50H38N2/c1-49(2)41-31-30-34(48-51-44-29-17-14-26-39(44)47(52-48)33-18-6-3-7-19-33)32-40(41)45-37-24-12-15-27-42(37)50(35-20-8-4-9-21-35,36-22-10-5-11-23-36)43-28-16-13-25-38(43)46(45)49/h3-10,12-22,24-32H,11,23H2,1-2H3. The van der Waals surface area contributed by atoms with Crippen LogP contribution in [0.15, 0.2) is 175 Å². The van der Waals surface area contributed by atoms with Crippen molar-refractivity contribution in [1.82, 2.24) is 9.97 Å². The average molecular weight is 667 g/mol. The van der Waals surface area contributed by atoms with Crippen molar-refractivity contribution in [2.75, 3.05) is 0 Å². The Morgan fingerprint density at radius 1 is 0.558 bits per heavy atom. The van der Waals surface area contributed by atoms with E-state index in [2.05, 4.69) is 184 Å². The first-order chi connectivity index (χ1) is 25.6. The van der Waals surface area contributed by atoms with Crippen LogP contribution in [0.2, 0.25) is 0 Å². The molecule has 1 unspecified atom stereocenters. The van der Waals surface area contributed by atoms with Gasteiger partial charge in [0.2, 0.25) is 0 Å². The Morgan fingerprint density at radius 3 is 2.00 bits per heavy atom. The second kappa shape index (κ2) is 11.7. The molecule has 0 spiro atoms. The average Bonchev–Trinajstić information content (AvgIpc) is 3.36. The molecule has 1 aromatic heterocycles. The highest BCUT2D eigenvalue weighted by Crippen LogP contribution is 2.61. The third-order valence-electron chi connectivity index (χ3n) is 11.6. The molecule has 0 aliphatic heterocycles. The largest absolute Gasteiger partial charge is 0.228 e. The van der Waals surface area contributed by atoms with Crippen LogP contribution in [-0.2, 0) is 10.8 Å².